The Kier molecular flexibility index (Phi) is 31.6. The van der Waals surface area contributed by atoms with E-state index in [9.17, 15) is 14.4 Å². The van der Waals surface area contributed by atoms with Crippen LogP contribution in [-0.2, 0) is 14.3 Å². The van der Waals surface area contributed by atoms with Gasteiger partial charge in [-0.3, -0.25) is 0 Å². The molecule has 298 valence electrons. The van der Waals surface area contributed by atoms with Crippen molar-refractivity contribution in [3.8, 4) is 11.5 Å². The van der Waals surface area contributed by atoms with Crippen LogP contribution in [0.15, 0.2) is 48.5 Å². The number of carboxylic acid groups (broad SMARTS) is 1. The molecule has 0 saturated heterocycles. The van der Waals surface area contributed by atoms with E-state index in [1.807, 2.05) is 77.9 Å². The van der Waals surface area contributed by atoms with Crippen molar-refractivity contribution in [2.45, 2.75) is 113 Å². The molecule has 0 fully saturated rings. The van der Waals surface area contributed by atoms with Crippen LogP contribution in [0.5, 0.6) is 11.5 Å². The quantitative estimate of drug-likeness (QED) is 0.114. The van der Waals surface area contributed by atoms with Gasteiger partial charge < -0.3 is 44.5 Å². The van der Waals surface area contributed by atoms with Gasteiger partial charge in [-0.1, -0.05) is 68.2 Å². The molecule has 0 aliphatic heterocycles. The molecule has 0 aliphatic carbocycles. The van der Waals surface area contributed by atoms with Crippen LogP contribution in [0.2, 0.25) is 0 Å². The predicted molar refractivity (Wildman–Crippen MR) is 213 cm³/mol. The molecule has 2 rings (SSSR count). The smallest absolute Gasteiger partial charge is 0.413 e. The van der Waals surface area contributed by atoms with E-state index in [0.29, 0.717) is 37.6 Å². The largest absolute Gasteiger partial charge is 0.480 e. The highest BCUT2D eigenvalue weighted by atomic mass is 16.6. The van der Waals surface area contributed by atoms with Crippen molar-refractivity contribution in [1.82, 2.24) is 10.6 Å². The van der Waals surface area contributed by atoms with Gasteiger partial charge in [-0.2, -0.15) is 0 Å². The molecular weight excluding hydrogens is 664 g/mol. The number of nitrogens with one attached hydrogen (secondary N) is 2. The average molecular weight is 735 g/mol. The summed E-state index contributed by atoms with van der Waals surface area (Å²) >= 11 is 0. The number of methoxy groups -OCH3 is 2. The number of amides is 2. The van der Waals surface area contributed by atoms with E-state index in [2.05, 4.69) is 41.2 Å². The van der Waals surface area contributed by atoms with Crippen molar-refractivity contribution in [2.24, 2.45) is 0 Å². The van der Waals surface area contributed by atoms with Gasteiger partial charge in [0.15, 0.2) is 0 Å². The van der Waals surface area contributed by atoms with Crippen LogP contribution >= 0.6 is 0 Å². The third kappa shape index (κ3) is 22.7. The van der Waals surface area contributed by atoms with Crippen LogP contribution in [0.4, 0.5) is 21.0 Å². The number of benzene rings is 2. The van der Waals surface area contributed by atoms with Gasteiger partial charge in [-0.25, -0.2) is 14.4 Å². The second kappa shape index (κ2) is 32.8. The molecule has 0 radical (unpaired) electrons. The minimum Gasteiger partial charge on any atom is -0.480 e. The van der Waals surface area contributed by atoms with Crippen molar-refractivity contribution in [3.63, 3.8) is 0 Å². The van der Waals surface area contributed by atoms with Gasteiger partial charge in [0.1, 0.15) is 17.5 Å². The molecule has 52 heavy (non-hydrogen) atoms. The molecule has 12 heteroatoms. The highest BCUT2D eigenvalue weighted by Crippen LogP contribution is 2.21. The molecule has 0 aliphatic rings. The van der Waals surface area contributed by atoms with Gasteiger partial charge in [0.25, 0.3) is 0 Å². The second-order valence-electron chi connectivity index (χ2n) is 11.4. The number of aliphatic carboxylic acids is 1. The van der Waals surface area contributed by atoms with Crippen molar-refractivity contribution in [2.75, 3.05) is 63.4 Å². The Balaban J connectivity index is 0. The SMILES string of the molecule is CC.CC.CCC[C@@H](C)NC(=O)Oc1ccc(N(CCC)CCOC)cc1.CCC[C@H](NC(=O)Oc1ccc(N(CCC)CCOC)cc1)C(=O)O. The first-order valence-corrected chi connectivity index (χ1v) is 19.0. The predicted octanol–water partition coefficient (Wildman–Crippen LogP) is 8.77. The maximum Gasteiger partial charge on any atom is 0.413 e. The zero-order valence-corrected chi connectivity index (χ0v) is 34.0. The molecule has 2 aromatic carbocycles. The third-order valence-corrected chi connectivity index (χ3v) is 7.20. The number of hydrogen-bond acceptors (Lipinski definition) is 9. The first-order valence-electron chi connectivity index (χ1n) is 19.0. The monoisotopic (exact) mass is 735 g/mol. The summed E-state index contributed by atoms with van der Waals surface area (Å²) in [4.78, 5) is 39.2. The summed E-state index contributed by atoms with van der Waals surface area (Å²) < 4.78 is 20.8. The third-order valence-electron chi connectivity index (χ3n) is 7.20. The number of rotatable bonds is 21. The Morgan fingerprint density at radius 3 is 1.33 bits per heavy atom. The molecular formula is C40H70N4O8. The van der Waals surface area contributed by atoms with E-state index in [1.54, 1.807) is 26.4 Å². The van der Waals surface area contributed by atoms with Gasteiger partial charge in [0.2, 0.25) is 0 Å². The molecule has 0 heterocycles. The molecule has 0 aromatic heterocycles. The number of hydrogen-bond donors (Lipinski definition) is 3. The van der Waals surface area contributed by atoms with Crippen LogP contribution in [0.3, 0.4) is 0 Å². The van der Waals surface area contributed by atoms with Gasteiger partial charge >= 0.3 is 18.2 Å². The van der Waals surface area contributed by atoms with Crippen LogP contribution in [0.25, 0.3) is 0 Å². The number of carbonyl (C=O) groups excluding carboxylic acids is 2. The minimum atomic E-state index is -1.07. The fourth-order valence-corrected chi connectivity index (χ4v) is 4.80. The van der Waals surface area contributed by atoms with E-state index < -0.39 is 24.2 Å². The van der Waals surface area contributed by atoms with Gasteiger partial charge in [0, 0.05) is 57.8 Å². The van der Waals surface area contributed by atoms with Crippen LogP contribution in [0.1, 0.15) is 101 Å². The minimum absolute atomic E-state index is 0.126. The summed E-state index contributed by atoms with van der Waals surface area (Å²) in [6.45, 7) is 23.0. The summed E-state index contributed by atoms with van der Waals surface area (Å²) in [7, 11) is 3.38. The Morgan fingerprint density at radius 1 is 0.615 bits per heavy atom. The van der Waals surface area contributed by atoms with Crippen molar-refractivity contribution < 1.29 is 38.4 Å². The average Bonchev–Trinajstić information content (AvgIpc) is 3.14. The molecule has 2 aromatic rings. The topological polar surface area (TPSA) is 139 Å². The number of nitrogens with zero attached hydrogens (tertiary/aromatic N) is 2. The summed E-state index contributed by atoms with van der Waals surface area (Å²) in [6, 6.07) is 13.9. The number of anilines is 2. The number of ether oxygens (including phenoxy) is 4. The van der Waals surface area contributed by atoms with Crippen LogP contribution in [0, 0.1) is 0 Å². The maximum atomic E-state index is 11.8. The highest BCUT2D eigenvalue weighted by Gasteiger charge is 2.20. The highest BCUT2D eigenvalue weighted by molar-refractivity contribution is 5.80. The normalized spacial score (nSPS) is 11.1. The summed E-state index contributed by atoms with van der Waals surface area (Å²) in [5, 5.41) is 14.2. The Hall–Kier alpha value is -4.03. The van der Waals surface area contributed by atoms with E-state index in [-0.39, 0.29) is 6.04 Å². The second-order valence-corrected chi connectivity index (χ2v) is 11.4. The zero-order chi connectivity index (χ0) is 39.7. The molecule has 0 spiro atoms. The lowest BCUT2D eigenvalue weighted by Crippen LogP contribution is -2.42. The first-order chi connectivity index (χ1) is 25.1. The Bertz CT molecular complexity index is 1170. The molecule has 0 bridgehead atoms. The molecule has 3 N–H and O–H groups in total. The van der Waals surface area contributed by atoms with E-state index in [1.165, 1.54) is 0 Å². The standard InChI is InChI=1S/C18H28N2O5.C18H30N2O3.2C2H6/c1-4-6-16(17(21)22)19-18(23)25-15-9-7-14(8-10-15)20(11-5-2)12-13-24-3;1-5-7-15(3)19-18(21)23-17-10-8-16(9-11-17)20(12-6-2)13-14-22-4;2*1-2/h7-10,16H,4-6,11-13H2,1-3H3,(H,19,23)(H,21,22);8-11,15H,5-7,12-14H2,1-4H3,(H,19,21);2*1-2H3/t16-;15-;;/m01../s1. The van der Waals surface area contributed by atoms with Gasteiger partial charge in [-0.05, 0) is 81.1 Å². The molecule has 0 saturated carbocycles. The van der Waals surface area contributed by atoms with Gasteiger partial charge in [-0.15, -0.1) is 0 Å². The Labute approximate surface area is 314 Å². The molecule has 2 atom stereocenters. The van der Waals surface area contributed by atoms with Crippen molar-refractivity contribution >= 4 is 29.5 Å². The molecule has 12 nitrogen and oxygen atoms in total. The van der Waals surface area contributed by atoms with Crippen LogP contribution < -0.4 is 29.9 Å². The van der Waals surface area contributed by atoms with Crippen molar-refractivity contribution in [3.05, 3.63) is 48.5 Å². The Morgan fingerprint density at radius 2 is 1.00 bits per heavy atom. The summed E-state index contributed by atoms with van der Waals surface area (Å²) in [5.41, 5.74) is 2.12. The van der Waals surface area contributed by atoms with Crippen molar-refractivity contribution in [1.29, 1.82) is 0 Å². The molecule has 2 amide bonds. The lowest BCUT2D eigenvalue weighted by Gasteiger charge is -2.24. The number of carbonyl (C=O) groups is 3. The lowest BCUT2D eigenvalue weighted by molar-refractivity contribution is -0.139. The zero-order valence-electron chi connectivity index (χ0n) is 34.0. The lowest BCUT2D eigenvalue weighted by atomic mass is 10.2. The summed E-state index contributed by atoms with van der Waals surface area (Å²) in [5.74, 6) is -0.147. The fraction of sp³-hybridized carbons (Fsp3) is 0.625. The van der Waals surface area contributed by atoms with E-state index in [4.69, 9.17) is 24.1 Å². The first kappa shape index (κ1) is 50.1. The van der Waals surface area contributed by atoms with E-state index in [0.717, 1.165) is 63.2 Å². The van der Waals surface area contributed by atoms with E-state index >= 15 is 0 Å². The number of carboxylic acids is 1. The maximum absolute atomic E-state index is 11.8. The van der Waals surface area contributed by atoms with Gasteiger partial charge in [0.05, 0.1) is 13.2 Å². The fourth-order valence-electron chi connectivity index (χ4n) is 4.80. The molecule has 0 unspecified atom stereocenters. The summed E-state index contributed by atoms with van der Waals surface area (Å²) in [6.07, 6.45) is 3.90. The van der Waals surface area contributed by atoms with Crippen LogP contribution in [-0.4, -0.2) is 89.0 Å².